The molecule has 0 aliphatic carbocycles. The van der Waals surface area contributed by atoms with Crippen LogP contribution in [-0.4, -0.2) is 34.8 Å². The van der Waals surface area contributed by atoms with Gasteiger partial charge in [-0.05, 0) is 26.0 Å². The van der Waals surface area contributed by atoms with E-state index >= 15 is 0 Å². The summed E-state index contributed by atoms with van der Waals surface area (Å²) in [5.41, 5.74) is 0.484. The molecule has 5 nitrogen and oxygen atoms in total. The largest absolute Gasteiger partial charge is 0.493 e. The van der Waals surface area contributed by atoms with Crippen LogP contribution in [0.1, 0.15) is 31.1 Å². The van der Waals surface area contributed by atoms with Crippen molar-refractivity contribution in [3.05, 3.63) is 23.3 Å². The van der Waals surface area contributed by atoms with Gasteiger partial charge in [-0.25, -0.2) is 4.79 Å². The van der Waals surface area contributed by atoms with Crippen molar-refractivity contribution in [3.8, 4) is 11.5 Å². The first-order valence-corrected chi connectivity index (χ1v) is 6.52. The predicted octanol–water partition coefficient (Wildman–Crippen LogP) is 2.16. The van der Waals surface area contributed by atoms with Crippen molar-refractivity contribution in [2.24, 2.45) is 0 Å². The minimum atomic E-state index is -4.32. The van der Waals surface area contributed by atoms with E-state index in [2.05, 4.69) is 0 Å². The molecular weight excluding hydrogens is 286 g/mol. The second-order valence-electron chi connectivity index (χ2n) is 4.89. The molecule has 0 radical (unpaired) electrons. The van der Waals surface area contributed by atoms with E-state index in [1.807, 2.05) is 6.92 Å². The van der Waals surface area contributed by atoms with Crippen LogP contribution in [0.4, 0.5) is 8.78 Å². The lowest BCUT2D eigenvalue weighted by atomic mass is 9.99. The number of halogens is 2. The maximum atomic E-state index is 13.5. The molecule has 1 aliphatic rings. The minimum Gasteiger partial charge on any atom is -0.493 e. The van der Waals surface area contributed by atoms with Gasteiger partial charge < -0.3 is 19.7 Å². The summed E-state index contributed by atoms with van der Waals surface area (Å²) in [5, 5.41) is 18.3. The zero-order valence-corrected chi connectivity index (χ0v) is 11.6. The predicted molar refractivity (Wildman–Crippen MR) is 68.9 cm³/mol. The Morgan fingerprint density at radius 2 is 2.24 bits per heavy atom. The van der Waals surface area contributed by atoms with Crippen LogP contribution >= 0.6 is 0 Å². The van der Waals surface area contributed by atoms with Gasteiger partial charge in [0.1, 0.15) is 17.6 Å². The van der Waals surface area contributed by atoms with Crippen LogP contribution in [0.25, 0.3) is 0 Å². The number of fused-ring (bicyclic) bond motifs is 1. The van der Waals surface area contributed by atoms with Crippen molar-refractivity contribution in [2.45, 2.75) is 38.4 Å². The third-order valence-electron chi connectivity index (χ3n) is 3.25. The van der Waals surface area contributed by atoms with Crippen LogP contribution in [0, 0.1) is 0 Å². The summed E-state index contributed by atoms with van der Waals surface area (Å²) < 4.78 is 37.8. The van der Waals surface area contributed by atoms with Gasteiger partial charge >= 0.3 is 11.9 Å². The number of hydrogen-bond donors (Lipinski definition) is 2. The average Bonchev–Trinajstić information content (AvgIpc) is 2.76. The molecule has 7 heteroatoms. The minimum absolute atomic E-state index is 0.0439. The topological polar surface area (TPSA) is 76.0 Å². The van der Waals surface area contributed by atoms with E-state index in [-0.39, 0.29) is 24.0 Å². The van der Waals surface area contributed by atoms with Crippen molar-refractivity contribution in [1.29, 1.82) is 0 Å². The van der Waals surface area contributed by atoms with Crippen LogP contribution in [-0.2, 0) is 11.2 Å². The Bertz CT molecular complexity index is 559. The van der Waals surface area contributed by atoms with Crippen molar-refractivity contribution in [1.82, 2.24) is 0 Å². The van der Waals surface area contributed by atoms with Crippen molar-refractivity contribution in [2.75, 3.05) is 6.61 Å². The third-order valence-corrected chi connectivity index (χ3v) is 3.25. The Balaban J connectivity index is 2.47. The average molecular weight is 302 g/mol. The van der Waals surface area contributed by atoms with Gasteiger partial charge in [0.2, 0.25) is 0 Å². The molecule has 0 fully saturated rings. The summed E-state index contributed by atoms with van der Waals surface area (Å²) in [6, 6.07) is 2.74. The molecule has 0 saturated heterocycles. The highest BCUT2D eigenvalue weighted by molar-refractivity contribution is 5.76. The highest BCUT2D eigenvalue weighted by Gasteiger charge is 2.49. The molecular formula is C14H16F2O5. The number of hydrogen-bond acceptors (Lipinski definition) is 4. The Morgan fingerprint density at radius 3 is 2.81 bits per heavy atom. The van der Waals surface area contributed by atoms with Crippen LogP contribution in [0.3, 0.4) is 0 Å². The highest BCUT2D eigenvalue weighted by Crippen LogP contribution is 2.42. The molecule has 0 bridgehead atoms. The first-order valence-electron chi connectivity index (χ1n) is 6.52. The van der Waals surface area contributed by atoms with E-state index in [4.69, 9.17) is 14.6 Å². The number of rotatable bonds is 5. The van der Waals surface area contributed by atoms with Gasteiger partial charge in [-0.3, -0.25) is 0 Å². The summed E-state index contributed by atoms with van der Waals surface area (Å²) in [5.74, 6) is -6.31. The monoisotopic (exact) mass is 302 g/mol. The van der Waals surface area contributed by atoms with Crippen LogP contribution in [0.15, 0.2) is 12.1 Å². The smallest absolute Gasteiger partial charge is 0.377 e. The lowest BCUT2D eigenvalue weighted by molar-refractivity contribution is -0.183. The summed E-state index contributed by atoms with van der Waals surface area (Å²) in [7, 11) is 0. The Labute approximate surface area is 120 Å². The van der Waals surface area contributed by atoms with E-state index in [9.17, 15) is 18.7 Å². The Kier molecular flexibility index (Phi) is 4.04. The number of benzene rings is 1. The van der Waals surface area contributed by atoms with E-state index in [0.29, 0.717) is 12.2 Å². The number of alkyl halides is 2. The molecule has 0 aromatic heterocycles. The lowest BCUT2D eigenvalue weighted by Crippen LogP contribution is -2.35. The quantitative estimate of drug-likeness (QED) is 0.871. The summed E-state index contributed by atoms with van der Waals surface area (Å²) in [6.07, 6.45) is -2.02. The number of aliphatic carboxylic acids is 1. The lowest BCUT2D eigenvalue weighted by Gasteiger charge is -2.21. The molecule has 1 aliphatic heterocycles. The fourth-order valence-electron chi connectivity index (χ4n) is 2.26. The van der Waals surface area contributed by atoms with Gasteiger partial charge in [0.25, 0.3) is 0 Å². The SMILES string of the molecule is CCOc1cc2c(cc1C(O)C(F)(F)C(=O)O)OC(C)C2. The standard InChI is InChI=1S/C14H16F2O5/c1-3-20-11-5-8-4-7(2)21-10(8)6-9(11)12(17)14(15,16)13(18)19/h5-7,12,17H,3-4H2,1-2H3,(H,18,19). The number of aliphatic hydroxyl groups is 1. The van der Waals surface area contributed by atoms with E-state index in [1.165, 1.54) is 12.1 Å². The molecule has 1 aromatic rings. The molecule has 2 unspecified atom stereocenters. The van der Waals surface area contributed by atoms with Crippen molar-refractivity contribution in [3.63, 3.8) is 0 Å². The molecule has 21 heavy (non-hydrogen) atoms. The van der Waals surface area contributed by atoms with Crippen LogP contribution in [0.5, 0.6) is 11.5 Å². The van der Waals surface area contributed by atoms with Gasteiger partial charge in [-0.15, -0.1) is 0 Å². The number of ether oxygens (including phenoxy) is 2. The second-order valence-corrected chi connectivity index (χ2v) is 4.89. The number of carboxylic acid groups (broad SMARTS) is 1. The normalized spacial score (nSPS) is 18.8. The Hall–Kier alpha value is -1.89. The molecule has 1 heterocycles. The van der Waals surface area contributed by atoms with Gasteiger partial charge in [0, 0.05) is 17.5 Å². The Morgan fingerprint density at radius 1 is 1.57 bits per heavy atom. The van der Waals surface area contributed by atoms with Crippen LogP contribution < -0.4 is 9.47 Å². The summed E-state index contributed by atoms with van der Waals surface area (Å²) in [6.45, 7) is 3.69. The van der Waals surface area contributed by atoms with E-state index in [1.54, 1.807) is 6.92 Å². The number of carboxylic acids is 1. The fourth-order valence-corrected chi connectivity index (χ4v) is 2.26. The molecule has 0 amide bonds. The van der Waals surface area contributed by atoms with Crippen molar-refractivity contribution < 1.29 is 33.3 Å². The van der Waals surface area contributed by atoms with Gasteiger partial charge in [-0.2, -0.15) is 8.78 Å². The molecule has 1 aromatic carbocycles. The first kappa shape index (κ1) is 15.5. The maximum Gasteiger partial charge on any atom is 0.377 e. The fraction of sp³-hybridized carbons (Fsp3) is 0.500. The molecule has 0 spiro atoms. The van der Waals surface area contributed by atoms with E-state index in [0.717, 1.165) is 5.56 Å². The number of carbonyl (C=O) groups is 1. The first-order chi connectivity index (χ1) is 9.77. The van der Waals surface area contributed by atoms with Crippen molar-refractivity contribution >= 4 is 5.97 Å². The van der Waals surface area contributed by atoms with Gasteiger partial charge in [0.05, 0.1) is 6.61 Å². The molecule has 0 saturated carbocycles. The summed E-state index contributed by atoms with van der Waals surface area (Å²) in [4.78, 5) is 10.6. The number of aliphatic hydroxyl groups excluding tert-OH is 1. The molecule has 2 N–H and O–H groups in total. The third kappa shape index (κ3) is 2.78. The molecule has 2 atom stereocenters. The molecule has 116 valence electrons. The van der Waals surface area contributed by atoms with Crippen LogP contribution in [0.2, 0.25) is 0 Å². The zero-order chi connectivity index (χ0) is 15.8. The van der Waals surface area contributed by atoms with Gasteiger partial charge in [0.15, 0.2) is 6.10 Å². The van der Waals surface area contributed by atoms with E-state index < -0.39 is 18.0 Å². The molecule has 2 rings (SSSR count). The summed E-state index contributed by atoms with van der Waals surface area (Å²) >= 11 is 0. The maximum absolute atomic E-state index is 13.5. The van der Waals surface area contributed by atoms with Gasteiger partial charge in [-0.1, -0.05) is 0 Å². The highest BCUT2D eigenvalue weighted by atomic mass is 19.3. The second kappa shape index (κ2) is 5.48. The zero-order valence-electron chi connectivity index (χ0n) is 11.6.